The predicted octanol–water partition coefficient (Wildman–Crippen LogP) is 4.44. The maximum absolute atomic E-state index is 13.1. The number of anilines is 1. The number of aryl methyl sites for hydroxylation is 2. The zero-order valence-corrected chi connectivity index (χ0v) is 17.3. The van der Waals surface area contributed by atoms with Crippen LogP contribution in [-0.4, -0.2) is 43.0 Å². The van der Waals surface area contributed by atoms with Gasteiger partial charge in [0.2, 0.25) is 5.91 Å². The van der Waals surface area contributed by atoms with E-state index in [2.05, 4.69) is 57.1 Å². The van der Waals surface area contributed by atoms with Crippen molar-refractivity contribution in [3.8, 4) is 0 Å². The van der Waals surface area contributed by atoms with Gasteiger partial charge in [-0.1, -0.05) is 41.7 Å². The average molecular weight is 382 g/mol. The number of nitrogens with zero attached hydrogens (tertiary/aromatic N) is 3. The lowest BCUT2D eigenvalue weighted by Gasteiger charge is -2.21. The molecule has 0 unspecified atom stereocenters. The minimum atomic E-state index is 0.107. The third-order valence-corrected chi connectivity index (χ3v) is 5.79. The highest BCUT2D eigenvalue weighted by Gasteiger charge is 2.20. The van der Waals surface area contributed by atoms with Gasteiger partial charge in [-0.2, -0.15) is 0 Å². The normalized spacial score (nSPS) is 11.3. The van der Waals surface area contributed by atoms with Crippen molar-refractivity contribution in [2.24, 2.45) is 0 Å². The van der Waals surface area contributed by atoms with Gasteiger partial charge < -0.3 is 4.90 Å². The molecule has 0 fully saturated rings. The van der Waals surface area contributed by atoms with Gasteiger partial charge in [-0.05, 0) is 69.7 Å². The Labute approximate surface area is 165 Å². The summed E-state index contributed by atoms with van der Waals surface area (Å²) in [6, 6.07) is 14.3. The van der Waals surface area contributed by atoms with Crippen LogP contribution in [0.5, 0.6) is 0 Å². The zero-order chi connectivity index (χ0) is 19.4. The largest absolute Gasteiger partial charge is 0.309 e. The molecule has 0 saturated carbocycles. The van der Waals surface area contributed by atoms with E-state index in [1.807, 2.05) is 23.1 Å². The molecule has 0 aliphatic heterocycles. The summed E-state index contributed by atoms with van der Waals surface area (Å²) in [5, 5.41) is 0.795. The second-order valence-corrected chi connectivity index (χ2v) is 8.27. The van der Waals surface area contributed by atoms with Gasteiger partial charge in [0.25, 0.3) is 0 Å². The summed E-state index contributed by atoms with van der Waals surface area (Å²) in [5.74, 6) is 0.107. The lowest BCUT2D eigenvalue weighted by Crippen LogP contribution is -2.34. The smallest absolute Gasteiger partial charge is 0.233 e. The zero-order valence-electron chi connectivity index (χ0n) is 16.5. The number of para-hydroxylation sites is 1. The van der Waals surface area contributed by atoms with E-state index in [0.29, 0.717) is 13.0 Å². The molecule has 0 spiro atoms. The molecule has 0 aliphatic rings. The van der Waals surface area contributed by atoms with E-state index < -0.39 is 0 Å². The van der Waals surface area contributed by atoms with E-state index in [4.69, 9.17) is 4.98 Å². The SMILES string of the molecule is Cc1ccc(CC(=O)N(CCCN(C)C)c2nc3ccccc3s2)cc1C. The van der Waals surface area contributed by atoms with Gasteiger partial charge in [0.1, 0.15) is 0 Å². The topological polar surface area (TPSA) is 36.4 Å². The summed E-state index contributed by atoms with van der Waals surface area (Å²) in [6.07, 6.45) is 1.32. The number of aromatic nitrogens is 1. The molecule has 0 aliphatic carbocycles. The number of carbonyl (C=O) groups is 1. The number of thiazole rings is 1. The van der Waals surface area contributed by atoms with Crippen LogP contribution in [-0.2, 0) is 11.2 Å². The maximum atomic E-state index is 13.1. The van der Waals surface area contributed by atoms with Crippen LogP contribution in [0.25, 0.3) is 10.2 Å². The summed E-state index contributed by atoms with van der Waals surface area (Å²) >= 11 is 1.59. The Morgan fingerprint density at radius 2 is 1.81 bits per heavy atom. The number of rotatable bonds is 7. The fourth-order valence-electron chi connectivity index (χ4n) is 3.03. The Bertz CT molecular complexity index is 899. The number of hydrogen-bond acceptors (Lipinski definition) is 4. The summed E-state index contributed by atoms with van der Waals surface area (Å²) in [6.45, 7) is 5.81. The van der Waals surface area contributed by atoms with Crippen LogP contribution < -0.4 is 4.90 Å². The van der Waals surface area contributed by atoms with E-state index in [9.17, 15) is 4.79 Å². The minimum Gasteiger partial charge on any atom is -0.309 e. The first-order valence-corrected chi connectivity index (χ1v) is 10.1. The minimum absolute atomic E-state index is 0.107. The van der Waals surface area contributed by atoms with Gasteiger partial charge in [0, 0.05) is 6.54 Å². The van der Waals surface area contributed by atoms with Crippen LogP contribution in [0.1, 0.15) is 23.1 Å². The molecule has 2 aromatic carbocycles. The summed E-state index contributed by atoms with van der Waals surface area (Å²) in [4.78, 5) is 21.9. The van der Waals surface area contributed by atoms with Crippen molar-refractivity contribution in [1.29, 1.82) is 0 Å². The predicted molar refractivity (Wildman–Crippen MR) is 115 cm³/mol. The lowest BCUT2D eigenvalue weighted by molar-refractivity contribution is -0.118. The van der Waals surface area contributed by atoms with Gasteiger partial charge in [-0.25, -0.2) is 4.98 Å². The molecule has 3 aromatic rings. The third-order valence-electron chi connectivity index (χ3n) is 4.73. The van der Waals surface area contributed by atoms with E-state index in [1.165, 1.54) is 11.1 Å². The van der Waals surface area contributed by atoms with E-state index in [0.717, 1.165) is 33.9 Å². The molecule has 142 valence electrons. The van der Waals surface area contributed by atoms with Crippen molar-refractivity contribution in [2.45, 2.75) is 26.7 Å². The molecular weight excluding hydrogens is 354 g/mol. The van der Waals surface area contributed by atoms with Crippen molar-refractivity contribution in [2.75, 3.05) is 32.1 Å². The summed E-state index contributed by atoms with van der Waals surface area (Å²) in [7, 11) is 4.11. The van der Waals surface area contributed by atoms with Crippen LogP contribution in [0.4, 0.5) is 5.13 Å². The summed E-state index contributed by atoms with van der Waals surface area (Å²) < 4.78 is 1.11. The van der Waals surface area contributed by atoms with Crippen molar-refractivity contribution < 1.29 is 4.79 Å². The van der Waals surface area contributed by atoms with Gasteiger partial charge in [0.15, 0.2) is 5.13 Å². The Morgan fingerprint density at radius 1 is 1.04 bits per heavy atom. The molecule has 0 atom stereocenters. The quantitative estimate of drug-likeness (QED) is 0.607. The molecule has 0 saturated heterocycles. The number of benzene rings is 2. The van der Waals surface area contributed by atoms with Crippen molar-refractivity contribution in [3.63, 3.8) is 0 Å². The molecule has 0 radical (unpaired) electrons. The first-order chi connectivity index (χ1) is 12.9. The molecule has 1 heterocycles. The monoisotopic (exact) mass is 381 g/mol. The number of amides is 1. The number of carbonyl (C=O) groups excluding carboxylic acids is 1. The van der Waals surface area contributed by atoms with Crippen LogP contribution in [0, 0.1) is 13.8 Å². The highest BCUT2D eigenvalue weighted by atomic mass is 32.1. The second kappa shape index (κ2) is 8.63. The number of fused-ring (bicyclic) bond motifs is 1. The fraction of sp³-hybridized carbons (Fsp3) is 0.364. The number of hydrogen-bond donors (Lipinski definition) is 0. The van der Waals surface area contributed by atoms with Crippen molar-refractivity contribution in [1.82, 2.24) is 9.88 Å². The molecule has 0 N–H and O–H groups in total. The van der Waals surface area contributed by atoms with Gasteiger partial charge in [-0.3, -0.25) is 9.69 Å². The standard InChI is InChI=1S/C22H27N3OS/c1-16-10-11-18(14-17(16)2)15-21(26)25(13-7-12-24(3)4)22-23-19-8-5-6-9-20(19)27-22/h5-6,8-11,14H,7,12-13,15H2,1-4H3. The Hall–Kier alpha value is -2.24. The first-order valence-electron chi connectivity index (χ1n) is 9.31. The van der Waals surface area contributed by atoms with Gasteiger partial charge in [-0.15, -0.1) is 0 Å². The Kier molecular flexibility index (Phi) is 6.24. The molecule has 1 aromatic heterocycles. The van der Waals surface area contributed by atoms with Crippen LogP contribution in [0.2, 0.25) is 0 Å². The fourth-order valence-corrected chi connectivity index (χ4v) is 4.04. The van der Waals surface area contributed by atoms with E-state index in [1.54, 1.807) is 11.3 Å². The van der Waals surface area contributed by atoms with Gasteiger partial charge >= 0.3 is 0 Å². The molecule has 4 nitrogen and oxygen atoms in total. The van der Waals surface area contributed by atoms with E-state index >= 15 is 0 Å². The van der Waals surface area contributed by atoms with Crippen molar-refractivity contribution >= 4 is 32.6 Å². The summed E-state index contributed by atoms with van der Waals surface area (Å²) in [5.41, 5.74) is 4.48. The lowest BCUT2D eigenvalue weighted by atomic mass is 10.0. The average Bonchev–Trinajstić information content (AvgIpc) is 3.05. The highest BCUT2D eigenvalue weighted by molar-refractivity contribution is 7.22. The van der Waals surface area contributed by atoms with E-state index in [-0.39, 0.29) is 5.91 Å². The second-order valence-electron chi connectivity index (χ2n) is 7.26. The molecule has 1 amide bonds. The molecule has 5 heteroatoms. The highest BCUT2D eigenvalue weighted by Crippen LogP contribution is 2.29. The first kappa shape index (κ1) is 19.5. The van der Waals surface area contributed by atoms with Crippen molar-refractivity contribution in [3.05, 3.63) is 59.2 Å². The van der Waals surface area contributed by atoms with Crippen LogP contribution >= 0.6 is 11.3 Å². The molecule has 0 bridgehead atoms. The van der Waals surface area contributed by atoms with Crippen LogP contribution in [0.3, 0.4) is 0 Å². The van der Waals surface area contributed by atoms with Gasteiger partial charge in [0.05, 0.1) is 16.6 Å². The van der Waals surface area contributed by atoms with Crippen LogP contribution in [0.15, 0.2) is 42.5 Å². The Balaban J connectivity index is 1.83. The maximum Gasteiger partial charge on any atom is 0.233 e. The molecule has 3 rings (SSSR count). The third kappa shape index (κ3) is 4.93. The molecule has 27 heavy (non-hydrogen) atoms. The Morgan fingerprint density at radius 3 is 2.52 bits per heavy atom. The molecular formula is C22H27N3OS.